The average molecular weight is 498 g/mol. The summed E-state index contributed by atoms with van der Waals surface area (Å²) >= 11 is 1.46. The average Bonchev–Trinajstić information content (AvgIpc) is 3.18. The van der Waals surface area contributed by atoms with Crippen LogP contribution in [0.25, 0.3) is 11.1 Å². The van der Waals surface area contributed by atoms with E-state index >= 15 is 0 Å². The Bertz CT molecular complexity index is 1170. The fourth-order valence-corrected chi connectivity index (χ4v) is 6.16. The van der Waals surface area contributed by atoms with E-state index in [-0.39, 0.29) is 17.6 Å². The van der Waals surface area contributed by atoms with Crippen molar-refractivity contribution in [3.05, 3.63) is 83.9 Å². The van der Waals surface area contributed by atoms with Gasteiger partial charge in [-0.05, 0) is 41.0 Å². The maximum absolute atomic E-state index is 13.4. The summed E-state index contributed by atoms with van der Waals surface area (Å²) in [6.45, 7) is 2.72. The summed E-state index contributed by atoms with van der Waals surface area (Å²) in [6.07, 6.45) is 1.80. The molecule has 0 aliphatic carbocycles. The molecule has 7 heteroatoms. The maximum Gasteiger partial charge on any atom is 0.225 e. The first kappa shape index (κ1) is 25.2. The number of phenols is 1. The molecule has 35 heavy (non-hydrogen) atoms. The lowest BCUT2D eigenvalue weighted by molar-refractivity contribution is -0.899. The number of aromatic hydroxyl groups is 1. The molecule has 1 unspecified atom stereocenters. The maximum atomic E-state index is 13.4. The van der Waals surface area contributed by atoms with E-state index in [2.05, 4.69) is 7.05 Å². The molecule has 1 aliphatic heterocycles. The van der Waals surface area contributed by atoms with E-state index in [1.807, 2.05) is 36.4 Å². The Morgan fingerprint density at radius 3 is 2.49 bits per heavy atom. The minimum Gasteiger partial charge on any atom is -0.508 e. The van der Waals surface area contributed by atoms with Crippen LogP contribution in [0, 0.1) is 17.6 Å². The second-order valence-electron chi connectivity index (χ2n) is 9.62. The van der Waals surface area contributed by atoms with Crippen LogP contribution in [0.5, 0.6) is 5.75 Å². The van der Waals surface area contributed by atoms with Gasteiger partial charge in [0.25, 0.3) is 0 Å². The highest BCUT2D eigenvalue weighted by atomic mass is 32.2. The topological polar surface area (TPSA) is 63.3 Å². The zero-order chi connectivity index (χ0) is 25.0. The predicted molar refractivity (Wildman–Crippen MR) is 136 cm³/mol. The molecule has 3 aromatic carbocycles. The molecule has 1 heterocycles. The second kappa shape index (κ2) is 10.8. The van der Waals surface area contributed by atoms with Crippen LogP contribution in [0.3, 0.4) is 0 Å². The molecule has 0 radical (unpaired) electrons. The number of phenolic OH excluding ortho intramolecular Hbond substituents is 1. The number of thioether (sulfide) groups is 1. The van der Waals surface area contributed by atoms with Crippen molar-refractivity contribution in [1.82, 2.24) is 0 Å². The molecular formula is C28H31F2N2O2S+. The van der Waals surface area contributed by atoms with Crippen LogP contribution in [0.2, 0.25) is 0 Å². The standard InChI is InChI=1S/C28H30F2N2O2S/c1-32(12-4-14-35-24-16-21(29)15-22(30)17-24)13-11-20(18-32)27(28(31)34)26-6-3-2-5-25(26)19-7-9-23(33)10-8-19/h2-3,5-10,15-17,20,27H,4,11-14,18H2,1H3,(H2-,31,33,34)/p+1/t20?,27-,32+/m0/s1. The van der Waals surface area contributed by atoms with Crippen molar-refractivity contribution in [2.24, 2.45) is 11.7 Å². The lowest BCUT2D eigenvalue weighted by Gasteiger charge is -2.31. The molecule has 1 aliphatic rings. The van der Waals surface area contributed by atoms with Gasteiger partial charge < -0.3 is 15.3 Å². The number of carbonyl (C=O) groups is 1. The Labute approximate surface area is 209 Å². The van der Waals surface area contributed by atoms with Crippen molar-refractivity contribution in [3.63, 3.8) is 0 Å². The van der Waals surface area contributed by atoms with E-state index in [1.165, 1.54) is 23.9 Å². The number of rotatable bonds is 9. The second-order valence-corrected chi connectivity index (χ2v) is 10.8. The van der Waals surface area contributed by atoms with E-state index in [4.69, 9.17) is 5.73 Å². The summed E-state index contributed by atoms with van der Waals surface area (Å²) < 4.78 is 27.7. The van der Waals surface area contributed by atoms with E-state index in [9.17, 15) is 18.7 Å². The van der Waals surface area contributed by atoms with Gasteiger partial charge in [-0.1, -0.05) is 36.4 Å². The summed E-state index contributed by atoms with van der Waals surface area (Å²) in [7, 11) is 2.20. The normalized spacial score (nSPS) is 20.6. The quantitative estimate of drug-likeness (QED) is 0.231. The van der Waals surface area contributed by atoms with Crippen molar-refractivity contribution < 1.29 is 23.2 Å². The Morgan fingerprint density at radius 2 is 1.80 bits per heavy atom. The van der Waals surface area contributed by atoms with Gasteiger partial charge >= 0.3 is 0 Å². The summed E-state index contributed by atoms with van der Waals surface area (Å²) in [4.78, 5) is 13.3. The fraction of sp³-hybridized carbons (Fsp3) is 0.321. The monoisotopic (exact) mass is 497 g/mol. The van der Waals surface area contributed by atoms with Crippen LogP contribution in [-0.4, -0.2) is 47.9 Å². The molecule has 1 amide bonds. The third-order valence-electron chi connectivity index (χ3n) is 6.91. The fourth-order valence-electron chi connectivity index (χ4n) is 5.26. The van der Waals surface area contributed by atoms with E-state index < -0.39 is 17.6 Å². The minimum atomic E-state index is -0.557. The van der Waals surface area contributed by atoms with E-state index in [0.717, 1.165) is 65.5 Å². The zero-order valence-electron chi connectivity index (χ0n) is 19.8. The molecule has 0 aromatic heterocycles. The van der Waals surface area contributed by atoms with Crippen molar-refractivity contribution >= 4 is 17.7 Å². The van der Waals surface area contributed by atoms with Crippen LogP contribution in [-0.2, 0) is 4.79 Å². The molecule has 3 aromatic rings. The highest BCUT2D eigenvalue weighted by molar-refractivity contribution is 7.99. The summed E-state index contributed by atoms with van der Waals surface area (Å²) in [5.74, 6) is -0.742. The van der Waals surface area contributed by atoms with Gasteiger partial charge in [0, 0.05) is 35.5 Å². The largest absolute Gasteiger partial charge is 0.508 e. The van der Waals surface area contributed by atoms with Gasteiger partial charge in [-0.15, -0.1) is 11.8 Å². The van der Waals surface area contributed by atoms with Gasteiger partial charge in [-0.25, -0.2) is 8.78 Å². The van der Waals surface area contributed by atoms with Crippen molar-refractivity contribution in [1.29, 1.82) is 0 Å². The van der Waals surface area contributed by atoms with Crippen LogP contribution < -0.4 is 5.73 Å². The Hall–Kier alpha value is -2.90. The number of nitrogens with zero attached hydrogens (tertiary/aromatic N) is 1. The van der Waals surface area contributed by atoms with E-state index in [1.54, 1.807) is 12.1 Å². The minimum absolute atomic E-state index is 0.126. The van der Waals surface area contributed by atoms with Gasteiger partial charge in [0.2, 0.25) is 5.91 Å². The number of hydrogen-bond donors (Lipinski definition) is 2. The number of hydrogen-bond acceptors (Lipinski definition) is 3. The molecular weight excluding hydrogens is 466 g/mol. The number of quaternary nitrogens is 1. The SMILES string of the molecule is C[N@@+]1(CCCSc2cc(F)cc(F)c2)CCC([C@H](C(N)=O)c2ccccc2-c2ccc(O)cc2)C1. The Kier molecular flexibility index (Phi) is 7.77. The number of amides is 1. The van der Waals surface area contributed by atoms with Crippen molar-refractivity contribution in [3.8, 4) is 16.9 Å². The molecule has 0 saturated carbocycles. The molecule has 0 spiro atoms. The summed E-state index contributed by atoms with van der Waals surface area (Å²) in [6, 6.07) is 18.4. The van der Waals surface area contributed by atoms with Crippen LogP contribution >= 0.6 is 11.8 Å². The number of benzene rings is 3. The number of primary amides is 1. The van der Waals surface area contributed by atoms with Crippen LogP contribution in [0.15, 0.2) is 71.6 Å². The Morgan fingerprint density at radius 1 is 1.11 bits per heavy atom. The van der Waals surface area contributed by atoms with Crippen molar-refractivity contribution in [2.45, 2.75) is 23.7 Å². The van der Waals surface area contributed by atoms with Crippen LogP contribution in [0.1, 0.15) is 24.3 Å². The van der Waals surface area contributed by atoms with Crippen LogP contribution in [0.4, 0.5) is 8.78 Å². The zero-order valence-corrected chi connectivity index (χ0v) is 20.6. The van der Waals surface area contributed by atoms with Gasteiger partial charge in [-0.2, -0.15) is 0 Å². The molecule has 4 nitrogen and oxygen atoms in total. The van der Waals surface area contributed by atoms with Gasteiger partial charge in [0.05, 0.1) is 32.6 Å². The third kappa shape index (κ3) is 6.21. The first-order chi connectivity index (χ1) is 16.7. The van der Waals surface area contributed by atoms with Crippen molar-refractivity contribution in [2.75, 3.05) is 32.4 Å². The van der Waals surface area contributed by atoms with Gasteiger partial charge in [0.1, 0.15) is 17.4 Å². The molecule has 3 N–H and O–H groups in total. The predicted octanol–water partition coefficient (Wildman–Crippen LogP) is 5.56. The molecule has 4 rings (SSSR count). The number of nitrogens with two attached hydrogens (primary N) is 1. The Balaban J connectivity index is 1.43. The first-order valence-electron chi connectivity index (χ1n) is 11.8. The lowest BCUT2D eigenvalue weighted by atomic mass is 9.81. The smallest absolute Gasteiger partial charge is 0.225 e. The highest BCUT2D eigenvalue weighted by Crippen LogP contribution is 2.39. The molecule has 1 saturated heterocycles. The number of halogens is 2. The summed E-state index contributed by atoms with van der Waals surface area (Å²) in [5, 5.41) is 9.67. The molecule has 1 fully saturated rings. The van der Waals surface area contributed by atoms with E-state index in [0.29, 0.717) is 4.90 Å². The molecule has 0 bridgehead atoms. The molecule has 3 atom stereocenters. The van der Waals surface area contributed by atoms with Gasteiger partial charge in [0.15, 0.2) is 0 Å². The van der Waals surface area contributed by atoms with Gasteiger partial charge in [-0.3, -0.25) is 4.79 Å². The number of likely N-dealkylation sites (tertiary alicyclic amines) is 1. The summed E-state index contributed by atoms with van der Waals surface area (Å²) in [5.41, 5.74) is 8.78. The number of carbonyl (C=O) groups excluding carboxylic acids is 1. The highest BCUT2D eigenvalue weighted by Gasteiger charge is 2.41. The first-order valence-corrected chi connectivity index (χ1v) is 12.8. The third-order valence-corrected chi connectivity index (χ3v) is 7.98. The molecule has 184 valence electrons. The lowest BCUT2D eigenvalue weighted by Crippen LogP contribution is -2.43.